The van der Waals surface area contributed by atoms with Gasteiger partial charge in [-0.15, -0.1) is 0 Å². The third kappa shape index (κ3) is 4.53. The molecular formula is C12H12FIN2O4. The number of nitrogens with zero attached hydrogens (tertiary/aromatic N) is 1. The second-order valence-corrected chi connectivity index (χ2v) is 4.79. The fourth-order valence-corrected chi connectivity index (χ4v) is 1.71. The van der Waals surface area contributed by atoms with Crippen LogP contribution in [0.25, 0.3) is 0 Å². The average molecular weight is 394 g/mol. The van der Waals surface area contributed by atoms with Crippen molar-refractivity contribution in [1.29, 1.82) is 0 Å². The predicted molar refractivity (Wildman–Crippen MR) is 79.1 cm³/mol. The van der Waals surface area contributed by atoms with Gasteiger partial charge in [-0.3, -0.25) is 10.2 Å². The minimum atomic E-state index is -0.925. The van der Waals surface area contributed by atoms with Gasteiger partial charge < -0.3 is 9.47 Å². The zero-order valence-corrected chi connectivity index (χ0v) is 12.9. The molecule has 0 aliphatic rings. The maximum absolute atomic E-state index is 13.5. The number of anilines is 1. The molecule has 108 valence electrons. The predicted octanol–water partition coefficient (Wildman–Crippen LogP) is 1.59. The first-order chi connectivity index (χ1) is 9.49. The molecule has 1 aromatic rings. The summed E-state index contributed by atoms with van der Waals surface area (Å²) in [5.41, 5.74) is 1.89. The van der Waals surface area contributed by atoms with Gasteiger partial charge in [0.15, 0.2) is 0 Å². The van der Waals surface area contributed by atoms with Crippen molar-refractivity contribution in [2.75, 3.05) is 26.3 Å². The van der Waals surface area contributed by atoms with Gasteiger partial charge in [-0.05, 0) is 40.8 Å². The number of hydrazone groups is 1. The molecule has 0 fully saturated rings. The zero-order chi connectivity index (χ0) is 15.1. The second kappa shape index (κ2) is 7.90. The molecular weight excluding hydrogens is 382 g/mol. The van der Waals surface area contributed by atoms with E-state index in [0.717, 1.165) is 10.7 Å². The molecule has 6 nitrogen and oxygen atoms in total. The Morgan fingerprint density at radius 3 is 2.70 bits per heavy atom. The Balaban J connectivity index is 2.99. The Kier molecular flexibility index (Phi) is 6.52. The molecule has 1 rings (SSSR count). The number of rotatable bonds is 6. The molecule has 0 unspecified atom stereocenters. The summed E-state index contributed by atoms with van der Waals surface area (Å²) in [7, 11) is 2.42. The number of esters is 1. The molecule has 0 aromatic heterocycles. The Labute approximate surface area is 128 Å². The van der Waals surface area contributed by atoms with Crippen LogP contribution >= 0.6 is 22.6 Å². The van der Waals surface area contributed by atoms with Crippen molar-refractivity contribution in [3.63, 3.8) is 0 Å². The molecule has 0 saturated heterocycles. The molecule has 0 atom stereocenters. The molecule has 1 aromatic carbocycles. The van der Waals surface area contributed by atoms with Crippen molar-refractivity contribution in [2.45, 2.75) is 0 Å². The van der Waals surface area contributed by atoms with Gasteiger partial charge in [0.1, 0.15) is 12.4 Å². The van der Waals surface area contributed by atoms with Crippen LogP contribution in [0.2, 0.25) is 0 Å². The third-order valence-corrected chi connectivity index (χ3v) is 2.81. The number of ketones is 1. The Bertz CT molecular complexity index is 548. The van der Waals surface area contributed by atoms with E-state index in [1.807, 2.05) is 22.6 Å². The van der Waals surface area contributed by atoms with Crippen LogP contribution in [-0.2, 0) is 19.1 Å². The fourth-order valence-electron chi connectivity index (χ4n) is 1.22. The summed E-state index contributed by atoms with van der Waals surface area (Å²) in [6, 6.07) is 4.30. The number of carbonyl (C=O) groups is 2. The molecule has 0 aliphatic carbocycles. The average Bonchev–Trinajstić information content (AvgIpc) is 2.42. The van der Waals surface area contributed by atoms with Crippen molar-refractivity contribution in [3.05, 3.63) is 27.6 Å². The number of hydrogen-bond acceptors (Lipinski definition) is 6. The van der Waals surface area contributed by atoms with E-state index in [2.05, 4.69) is 20.0 Å². The minimum Gasteiger partial charge on any atom is -0.464 e. The summed E-state index contributed by atoms with van der Waals surface area (Å²) in [6.45, 7) is -0.329. The van der Waals surface area contributed by atoms with Crippen molar-refractivity contribution in [3.8, 4) is 0 Å². The Morgan fingerprint density at radius 2 is 2.10 bits per heavy atom. The molecule has 0 bridgehead atoms. The SMILES string of the molecule is COCC(=O)/C(=N/Nc1cc(I)ccc1F)C(=O)OC. The standard InChI is InChI=1S/C12H12FIN2O4/c1-19-6-10(17)11(12(18)20-2)16-15-9-5-7(14)3-4-8(9)13/h3-5,15H,6H2,1-2H3/b16-11-. The first-order valence-corrected chi connectivity index (χ1v) is 6.46. The smallest absolute Gasteiger partial charge is 0.362 e. The number of hydrogen-bond donors (Lipinski definition) is 1. The van der Waals surface area contributed by atoms with Gasteiger partial charge in [0, 0.05) is 10.7 Å². The summed E-state index contributed by atoms with van der Waals surface area (Å²) in [5, 5.41) is 3.60. The van der Waals surface area contributed by atoms with Crippen molar-refractivity contribution in [2.24, 2.45) is 5.10 Å². The topological polar surface area (TPSA) is 77.0 Å². The summed E-state index contributed by atoms with van der Waals surface area (Å²) in [6.07, 6.45) is 0. The number of ether oxygens (including phenoxy) is 2. The lowest BCUT2D eigenvalue weighted by Crippen LogP contribution is -2.29. The van der Waals surface area contributed by atoms with Crippen molar-refractivity contribution >= 4 is 45.7 Å². The highest BCUT2D eigenvalue weighted by molar-refractivity contribution is 14.1. The molecule has 0 amide bonds. The van der Waals surface area contributed by atoms with Crippen LogP contribution in [-0.4, -0.2) is 38.3 Å². The maximum Gasteiger partial charge on any atom is 0.362 e. The summed E-state index contributed by atoms with van der Waals surface area (Å²) in [4.78, 5) is 23.1. The number of Topliss-reactive ketones (excluding diaryl/α,β-unsaturated/α-hetero) is 1. The van der Waals surface area contributed by atoms with Gasteiger partial charge in [-0.1, -0.05) is 0 Å². The molecule has 0 spiro atoms. The van der Waals surface area contributed by atoms with Gasteiger partial charge in [0.05, 0.1) is 12.8 Å². The number of methoxy groups -OCH3 is 2. The van der Waals surface area contributed by atoms with Crippen molar-refractivity contribution in [1.82, 2.24) is 0 Å². The molecule has 1 N–H and O–H groups in total. The summed E-state index contributed by atoms with van der Waals surface area (Å²) in [5.74, 6) is -2.15. The third-order valence-electron chi connectivity index (χ3n) is 2.13. The molecule has 0 aliphatic heterocycles. The molecule has 20 heavy (non-hydrogen) atoms. The second-order valence-electron chi connectivity index (χ2n) is 3.54. The van der Waals surface area contributed by atoms with Crippen LogP contribution in [0.15, 0.2) is 23.3 Å². The van der Waals surface area contributed by atoms with Crippen molar-refractivity contribution < 1.29 is 23.5 Å². The lowest BCUT2D eigenvalue weighted by Gasteiger charge is -2.06. The lowest BCUT2D eigenvalue weighted by atomic mass is 10.2. The largest absolute Gasteiger partial charge is 0.464 e. The van der Waals surface area contributed by atoms with Crippen LogP contribution in [0.5, 0.6) is 0 Å². The quantitative estimate of drug-likeness (QED) is 0.261. The first kappa shape index (κ1) is 16.5. The molecule has 0 saturated carbocycles. The van der Waals surface area contributed by atoms with Crippen LogP contribution in [0.1, 0.15) is 0 Å². The molecule has 0 radical (unpaired) electrons. The molecule has 0 heterocycles. The maximum atomic E-state index is 13.5. The van der Waals surface area contributed by atoms with Crippen LogP contribution < -0.4 is 5.43 Å². The van der Waals surface area contributed by atoms with E-state index in [4.69, 9.17) is 0 Å². The first-order valence-electron chi connectivity index (χ1n) is 5.38. The van der Waals surface area contributed by atoms with Gasteiger partial charge in [0.25, 0.3) is 0 Å². The molecule has 8 heteroatoms. The Hall–Kier alpha value is -1.55. The number of carbonyl (C=O) groups excluding carboxylic acids is 2. The van der Waals surface area contributed by atoms with Gasteiger partial charge in [0.2, 0.25) is 11.5 Å². The van der Waals surface area contributed by atoms with Crippen LogP contribution in [0.3, 0.4) is 0 Å². The zero-order valence-electron chi connectivity index (χ0n) is 10.8. The van der Waals surface area contributed by atoms with E-state index >= 15 is 0 Å². The minimum absolute atomic E-state index is 0.0449. The monoisotopic (exact) mass is 394 g/mol. The van der Waals surface area contributed by atoms with Gasteiger partial charge in [-0.2, -0.15) is 5.10 Å². The van der Waals surface area contributed by atoms with E-state index in [1.54, 1.807) is 6.07 Å². The van der Waals surface area contributed by atoms with E-state index < -0.39 is 23.3 Å². The van der Waals surface area contributed by atoms with Crippen LogP contribution in [0.4, 0.5) is 10.1 Å². The van der Waals surface area contributed by atoms with E-state index in [1.165, 1.54) is 19.2 Å². The van der Waals surface area contributed by atoms with E-state index in [-0.39, 0.29) is 12.3 Å². The highest BCUT2D eigenvalue weighted by Crippen LogP contribution is 2.17. The highest BCUT2D eigenvalue weighted by Gasteiger charge is 2.21. The van der Waals surface area contributed by atoms with Gasteiger partial charge >= 0.3 is 5.97 Å². The lowest BCUT2D eigenvalue weighted by molar-refractivity contribution is -0.133. The van der Waals surface area contributed by atoms with Gasteiger partial charge in [-0.25, -0.2) is 9.18 Å². The summed E-state index contributed by atoms with van der Waals surface area (Å²) < 4.78 is 23.3. The summed E-state index contributed by atoms with van der Waals surface area (Å²) >= 11 is 1.99. The van der Waals surface area contributed by atoms with Crippen LogP contribution in [0, 0.1) is 9.39 Å². The highest BCUT2D eigenvalue weighted by atomic mass is 127. The fraction of sp³-hybridized carbons (Fsp3) is 0.250. The van der Waals surface area contributed by atoms with E-state index in [9.17, 15) is 14.0 Å². The Morgan fingerprint density at radius 1 is 1.40 bits per heavy atom. The normalized spacial score (nSPS) is 11.1. The number of halogens is 2. The number of benzene rings is 1. The number of nitrogens with one attached hydrogen (secondary N) is 1. The van der Waals surface area contributed by atoms with E-state index in [0.29, 0.717) is 0 Å².